The molecule has 72 valence electrons. The van der Waals surface area contributed by atoms with Crippen molar-refractivity contribution in [2.45, 2.75) is 19.8 Å². The minimum atomic E-state index is 0.949. The monoisotopic (exact) mass is 188 g/mol. The quantitative estimate of drug-likeness (QED) is 0.679. The lowest BCUT2D eigenvalue weighted by Crippen LogP contribution is -2.16. The molecule has 0 amide bonds. The first-order valence-corrected chi connectivity index (χ1v) is 4.93. The van der Waals surface area contributed by atoms with E-state index in [0.717, 1.165) is 30.0 Å². The van der Waals surface area contributed by atoms with Crippen molar-refractivity contribution >= 4 is 11.3 Å². The van der Waals surface area contributed by atoms with E-state index >= 15 is 0 Å². The van der Waals surface area contributed by atoms with Crippen molar-refractivity contribution in [2.24, 2.45) is 0 Å². The molecule has 14 heavy (non-hydrogen) atoms. The standard InChI is InChI=1S/C10H12N4/c1-7-5-10-12-6-8-9(14(10)13-7)3-2-4-11-8/h5-6,11H,2-4H2,1H3. The van der Waals surface area contributed by atoms with Crippen molar-refractivity contribution in [3.8, 4) is 0 Å². The Labute approximate surface area is 82.0 Å². The molecular formula is C10H12N4. The molecule has 0 saturated carbocycles. The molecule has 4 nitrogen and oxygen atoms in total. The van der Waals surface area contributed by atoms with Gasteiger partial charge in [-0.2, -0.15) is 5.10 Å². The number of nitrogens with zero attached hydrogens (tertiary/aromatic N) is 3. The van der Waals surface area contributed by atoms with E-state index in [2.05, 4.69) is 15.4 Å². The predicted octanol–water partition coefficient (Wildman–Crippen LogP) is 1.40. The molecule has 0 fully saturated rings. The van der Waals surface area contributed by atoms with Crippen LogP contribution in [0.25, 0.3) is 5.65 Å². The molecule has 0 unspecified atom stereocenters. The van der Waals surface area contributed by atoms with Crippen LogP contribution in [0, 0.1) is 6.92 Å². The first-order valence-electron chi connectivity index (χ1n) is 4.93. The van der Waals surface area contributed by atoms with Gasteiger partial charge in [0.25, 0.3) is 0 Å². The van der Waals surface area contributed by atoms with Gasteiger partial charge >= 0.3 is 0 Å². The van der Waals surface area contributed by atoms with Gasteiger partial charge in [0.2, 0.25) is 0 Å². The molecular weight excluding hydrogens is 176 g/mol. The molecule has 0 bridgehead atoms. The summed E-state index contributed by atoms with van der Waals surface area (Å²) in [6, 6.07) is 2.01. The van der Waals surface area contributed by atoms with Gasteiger partial charge in [-0.3, -0.25) is 0 Å². The predicted molar refractivity (Wildman–Crippen MR) is 54.5 cm³/mol. The van der Waals surface area contributed by atoms with Crippen molar-refractivity contribution < 1.29 is 0 Å². The van der Waals surface area contributed by atoms with Crippen LogP contribution in [0.3, 0.4) is 0 Å². The van der Waals surface area contributed by atoms with E-state index < -0.39 is 0 Å². The molecule has 1 aliphatic rings. The molecule has 0 aromatic carbocycles. The second-order valence-electron chi connectivity index (χ2n) is 3.70. The molecule has 2 aromatic rings. The van der Waals surface area contributed by atoms with Gasteiger partial charge in [-0.15, -0.1) is 0 Å². The lowest BCUT2D eigenvalue weighted by atomic mass is 10.1. The van der Waals surface area contributed by atoms with E-state index in [1.165, 1.54) is 12.1 Å². The fraction of sp³-hybridized carbons (Fsp3) is 0.400. The minimum Gasteiger partial charge on any atom is -0.382 e. The highest BCUT2D eigenvalue weighted by atomic mass is 15.3. The van der Waals surface area contributed by atoms with Gasteiger partial charge in [0.05, 0.1) is 23.3 Å². The average molecular weight is 188 g/mol. The fourth-order valence-electron chi connectivity index (χ4n) is 1.96. The van der Waals surface area contributed by atoms with E-state index in [9.17, 15) is 0 Å². The molecule has 3 heterocycles. The molecule has 0 saturated heterocycles. The summed E-state index contributed by atoms with van der Waals surface area (Å²) in [5.41, 5.74) is 4.36. The number of hydrogen-bond acceptors (Lipinski definition) is 3. The number of fused-ring (bicyclic) bond motifs is 3. The zero-order valence-corrected chi connectivity index (χ0v) is 8.12. The van der Waals surface area contributed by atoms with Crippen molar-refractivity contribution in [1.82, 2.24) is 14.6 Å². The lowest BCUT2D eigenvalue weighted by Gasteiger charge is -2.17. The van der Waals surface area contributed by atoms with Gasteiger partial charge < -0.3 is 5.32 Å². The Morgan fingerprint density at radius 2 is 2.43 bits per heavy atom. The third-order valence-corrected chi connectivity index (χ3v) is 2.61. The van der Waals surface area contributed by atoms with Gasteiger partial charge in [0, 0.05) is 12.6 Å². The molecule has 1 aliphatic heterocycles. The van der Waals surface area contributed by atoms with Gasteiger partial charge in [-0.05, 0) is 19.8 Å². The zero-order valence-electron chi connectivity index (χ0n) is 8.12. The van der Waals surface area contributed by atoms with Crippen LogP contribution in [0.15, 0.2) is 12.3 Å². The van der Waals surface area contributed by atoms with E-state index in [-0.39, 0.29) is 0 Å². The van der Waals surface area contributed by atoms with Crippen LogP contribution in [-0.4, -0.2) is 21.1 Å². The molecule has 2 aromatic heterocycles. The van der Waals surface area contributed by atoms with Crippen molar-refractivity contribution in [1.29, 1.82) is 0 Å². The number of nitrogens with one attached hydrogen (secondary N) is 1. The number of aromatic nitrogens is 3. The van der Waals surface area contributed by atoms with E-state index in [1.807, 2.05) is 23.7 Å². The first-order chi connectivity index (χ1) is 6.84. The summed E-state index contributed by atoms with van der Waals surface area (Å²) in [7, 11) is 0. The highest BCUT2D eigenvalue weighted by molar-refractivity contribution is 5.54. The third-order valence-electron chi connectivity index (χ3n) is 2.61. The zero-order chi connectivity index (χ0) is 9.54. The maximum absolute atomic E-state index is 4.44. The number of anilines is 1. The van der Waals surface area contributed by atoms with Crippen molar-refractivity contribution in [3.63, 3.8) is 0 Å². The molecule has 4 heteroatoms. The number of aryl methyl sites for hydroxylation is 2. The van der Waals surface area contributed by atoms with Gasteiger partial charge in [-0.1, -0.05) is 0 Å². The Hall–Kier alpha value is -1.58. The molecule has 1 N–H and O–H groups in total. The van der Waals surface area contributed by atoms with E-state index in [0.29, 0.717) is 0 Å². The Balaban J connectivity index is 2.33. The second kappa shape index (κ2) is 2.70. The van der Waals surface area contributed by atoms with Gasteiger partial charge in [-0.25, -0.2) is 9.50 Å². The topological polar surface area (TPSA) is 42.2 Å². The summed E-state index contributed by atoms with van der Waals surface area (Å²) in [5, 5.41) is 7.78. The Kier molecular flexibility index (Phi) is 1.50. The molecule has 0 radical (unpaired) electrons. The highest BCUT2D eigenvalue weighted by Gasteiger charge is 2.13. The largest absolute Gasteiger partial charge is 0.382 e. The molecule has 0 aliphatic carbocycles. The summed E-state index contributed by atoms with van der Waals surface area (Å²) in [5.74, 6) is 0. The summed E-state index contributed by atoms with van der Waals surface area (Å²) < 4.78 is 1.96. The van der Waals surface area contributed by atoms with E-state index in [1.54, 1.807) is 0 Å². The van der Waals surface area contributed by atoms with Crippen LogP contribution < -0.4 is 5.32 Å². The summed E-state index contributed by atoms with van der Waals surface area (Å²) in [6.07, 6.45) is 4.17. The normalized spacial score (nSPS) is 15.2. The molecule has 0 spiro atoms. The minimum absolute atomic E-state index is 0.949. The van der Waals surface area contributed by atoms with Crippen LogP contribution in [-0.2, 0) is 6.42 Å². The van der Waals surface area contributed by atoms with Crippen LogP contribution in [0.5, 0.6) is 0 Å². The molecule has 0 atom stereocenters. The van der Waals surface area contributed by atoms with Crippen molar-refractivity contribution in [2.75, 3.05) is 11.9 Å². The van der Waals surface area contributed by atoms with Crippen LogP contribution in [0.2, 0.25) is 0 Å². The van der Waals surface area contributed by atoms with Crippen molar-refractivity contribution in [3.05, 3.63) is 23.7 Å². The maximum atomic E-state index is 4.44. The SMILES string of the molecule is Cc1cc2ncc3c(n2n1)CCCN3. The fourth-order valence-corrected chi connectivity index (χ4v) is 1.96. The Bertz CT molecular complexity index is 486. The number of hydrogen-bond donors (Lipinski definition) is 1. The van der Waals surface area contributed by atoms with E-state index in [4.69, 9.17) is 0 Å². The summed E-state index contributed by atoms with van der Waals surface area (Å²) in [4.78, 5) is 4.35. The smallest absolute Gasteiger partial charge is 0.155 e. The van der Waals surface area contributed by atoms with Gasteiger partial charge in [0.15, 0.2) is 5.65 Å². The van der Waals surface area contributed by atoms with Crippen LogP contribution in [0.4, 0.5) is 5.69 Å². The average Bonchev–Trinajstić information content (AvgIpc) is 2.59. The number of rotatable bonds is 0. The van der Waals surface area contributed by atoms with Crippen LogP contribution in [0.1, 0.15) is 17.8 Å². The maximum Gasteiger partial charge on any atom is 0.155 e. The lowest BCUT2D eigenvalue weighted by molar-refractivity contribution is 0.743. The second-order valence-corrected chi connectivity index (χ2v) is 3.70. The highest BCUT2D eigenvalue weighted by Crippen LogP contribution is 2.21. The molecule has 3 rings (SSSR count). The summed E-state index contributed by atoms with van der Waals surface area (Å²) in [6.45, 7) is 3.04. The van der Waals surface area contributed by atoms with Gasteiger partial charge in [0.1, 0.15) is 0 Å². The first kappa shape index (κ1) is 7.79. The van der Waals surface area contributed by atoms with Crippen LogP contribution >= 0.6 is 0 Å². The Morgan fingerprint density at radius 3 is 3.36 bits per heavy atom. The summed E-state index contributed by atoms with van der Waals surface area (Å²) >= 11 is 0. The third kappa shape index (κ3) is 0.999. The Morgan fingerprint density at radius 1 is 1.50 bits per heavy atom.